The van der Waals surface area contributed by atoms with Crippen LogP contribution in [0.4, 0.5) is 0 Å². The third-order valence-corrected chi connectivity index (χ3v) is 3.90. The van der Waals surface area contributed by atoms with Gasteiger partial charge in [-0.25, -0.2) is 0 Å². The summed E-state index contributed by atoms with van der Waals surface area (Å²) in [6, 6.07) is 0. The summed E-state index contributed by atoms with van der Waals surface area (Å²) in [6.07, 6.45) is 17.9. The molecule has 0 radical (unpaired) electrons. The van der Waals surface area contributed by atoms with Crippen molar-refractivity contribution >= 4 is 5.97 Å². The van der Waals surface area contributed by atoms with E-state index in [9.17, 15) is 4.79 Å². The summed E-state index contributed by atoms with van der Waals surface area (Å²) < 4.78 is 5.59. The van der Waals surface area contributed by atoms with Gasteiger partial charge in [0.25, 0.3) is 0 Å². The van der Waals surface area contributed by atoms with Crippen molar-refractivity contribution in [1.82, 2.24) is 0 Å². The predicted octanol–water partition coefficient (Wildman–Crippen LogP) is 6.36. The fourth-order valence-electron chi connectivity index (χ4n) is 2.54. The smallest absolute Gasteiger partial charge is 0.306 e. The van der Waals surface area contributed by atoms with Crippen LogP contribution in [0.15, 0.2) is 25.3 Å². The fourth-order valence-corrected chi connectivity index (χ4v) is 2.54. The number of rotatable bonds is 16. The van der Waals surface area contributed by atoms with Gasteiger partial charge in [-0.05, 0) is 32.1 Å². The predicted molar refractivity (Wildman–Crippen MR) is 96.0 cm³/mol. The molecule has 0 aliphatic carbocycles. The Hall–Kier alpha value is -1.05. The van der Waals surface area contributed by atoms with Crippen LogP contribution < -0.4 is 0 Å². The van der Waals surface area contributed by atoms with Crippen LogP contribution in [-0.4, -0.2) is 12.1 Å². The lowest BCUT2D eigenvalue weighted by Gasteiger charge is -2.16. The van der Waals surface area contributed by atoms with Gasteiger partial charge in [-0.3, -0.25) is 4.79 Å². The van der Waals surface area contributed by atoms with E-state index in [0.29, 0.717) is 6.42 Å². The number of hydrogen-bond donors (Lipinski definition) is 0. The molecule has 0 spiro atoms. The second-order valence-corrected chi connectivity index (χ2v) is 6.08. The zero-order chi connectivity index (χ0) is 16.5. The molecule has 0 aliphatic rings. The van der Waals surface area contributed by atoms with Gasteiger partial charge in [-0.2, -0.15) is 0 Å². The van der Waals surface area contributed by atoms with E-state index in [-0.39, 0.29) is 12.1 Å². The molecule has 0 heterocycles. The quantitative estimate of drug-likeness (QED) is 0.188. The number of unbranched alkanes of at least 4 members (excludes halogenated alkanes) is 8. The molecule has 0 N–H and O–H groups in total. The van der Waals surface area contributed by atoms with Crippen molar-refractivity contribution in [3.8, 4) is 0 Å². The number of allylic oxidation sites excluding steroid dienone is 1. The topological polar surface area (TPSA) is 26.3 Å². The van der Waals surface area contributed by atoms with Crippen molar-refractivity contribution in [3.05, 3.63) is 25.3 Å². The van der Waals surface area contributed by atoms with Crippen molar-refractivity contribution in [3.63, 3.8) is 0 Å². The van der Waals surface area contributed by atoms with Gasteiger partial charge in [-0.15, -0.1) is 13.2 Å². The molecule has 0 rings (SSSR count). The SMILES string of the molecule is C=CCCCCCCCC(=O)OC(CC=C)CCCCCC. The van der Waals surface area contributed by atoms with Gasteiger partial charge in [0, 0.05) is 12.8 Å². The third-order valence-electron chi connectivity index (χ3n) is 3.90. The van der Waals surface area contributed by atoms with Gasteiger partial charge in [0.2, 0.25) is 0 Å². The minimum Gasteiger partial charge on any atom is -0.462 e. The highest BCUT2D eigenvalue weighted by Crippen LogP contribution is 2.14. The molecule has 0 amide bonds. The van der Waals surface area contributed by atoms with Gasteiger partial charge in [0.05, 0.1) is 0 Å². The molecule has 0 aliphatic heterocycles. The lowest BCUT2D eigenvalue weighted by molar-refractivity contribution is -0.149. The van der Waals surface area contributed by atoms with Crippen molar-refractivity contribution in [2.24, 2.45) is 0 Å². The number of carbonyl (C=O) groups is 1. The summed E-state index contributed by atoms with van der Waals surface area (Å²) in [7, 11) is 0. The Morgan fingerprint density at radius 1 is 0.955 bits per heavy atom. The minimum atomic E-state index is -0.0339. The third kappa shape index (κ3) is 13.9. The van der Waals surface area contributed by atoms with Gasteiger partial charge >= 0.3 is 5.97 Å². The molecule has 0 aromatic rings. The van der Waals surface area contributed by atoms with Gasteiger partial charge < -0.3 is 4.74 Å². The minimum absolute atomic E-state index is 0.0339. The Morgan fingerprint density at radius 3 is 2.32 bits per heavy atom. The second-order valence-electron chi connectivity index (χ2n) is 6.08. The lowest BCUT2D eigenvalue weighted by atomic mass is 10.1. The number of esters is 1. The van der Waals surface area contributed by atoms with Crippen LogP contribution in [0.5, 0.6) is 0 Å². The molecular formula is C20H36O2. The number of ether oxygens (including phenoxy) is 1. The van der Waals surface area contributed by atoms with Crippen molar-refractivity contribution < 1.29 is 9.53 Å². The van der Waals surface area contributed by atoms with Crippen LogP contribution in [0, 0.1) is 0 Å². The van der Waals surface area contributed by atoms with E-state index in [2.05, 4.69) is 20.1 Å². The van der Waals surface area contributed by atoms with E-state index < -0.39 is 0 Å². The standard InChI is InChI=1S/C20H36O2/c1-4-7-9-11-12-13-15-18-20(21)22-19(16-6-3)17-14-10-8-5-2/h4,6,19H,1,3,5,7-18H2,2H3. The summed E-state index contributed by atoms with van der Waals surface area (Å²) in [4.78, 5) is 11.9. The zero-order valence-electron chi connectivity index (χ0n) is 14.7. The normalized spacial score (nSPS) is 11.9. The molecule has 2 heteroatoms. The average molecular weight is 309 g/mol. The molecule has 0 aromatic heterocycles. The molecule has 0 saturated carbocycles. The van der Waals surface area contributed by atoms with E-state index in [1.54, 1.807) is 0 Å². The molecule has 0 saturated heterocycles. The maximum Gasteiger partial charge on any atom is 0.306 e. The van der Waals surface area contributed by atoms with Gasteiger partial charge in [0.15, 0.2) is 0 Å². The van der Waals surface area contributed by atoms with Crippen LogP contribution in [-0.2, 0) is 9.53 Å². The first-order chi connectivity index (χ1) is 10.7. The zero-order valence-corrected chi connectivity index (χ0v) is 14.7. The van der Waals surface area contributed by atoms with E-state index in [0.717, 1.165) is 38.5 Å². The molecule has 22 heavy (non-hydrogen) atoms. The Kier molecular flexibility index (Phi) is 15.5. The van der Waals surface area contributed by atoms with E-state index >= 15 is 0 Å². The first-order valence-corrected chi connectivity index (χ1v) is 9.15. The molecule has 1 unspecified atom stereocenters. The first kappa shape index (κ1) is 20.9. The van der Waals surface area contributed by atoms with Crippen LogP contribution in [0.3, 0.4) is 0 Å². The van der Waals surface area contributed by atoms with Crippen molar-refractivity contribution in [2.45, 2.75) is 96.5 Å². The summed E-state index contributed by atoms with van der Waals surface area (Å²) >= 11 is 0. The maximum absolute atomic E-state index is 11.9. The maximum atomic E-state index is 11.9. The average Bonchev–Trinajstić information content (AvgIpc) is 2.51. The first-order valence-electron chi connectivity index (χ1n) is 9.15. The molecule has 0 aromatic carbocycles. The monoisotopic (exact) mass is 308 g/mol. The van der Waals surface area contributed by atoms with Crippen LogP contribution in [0.2, 0.25) is 0 Å². The highest BCUT2D eigenvalue weighted by atomic mass is 16.5. The lowest BCUT2D eigenvalue weighted by Crippen LogP contribution is -2.17. The van der Waals surface area contributed by atoms with Crippen LogP contribution in [0.25, 0.3) is 0 Å². The van der Waals surface area contributed by atoms with Crippen molar-refractivity contribution in [1.29, 1.82) is 0 Å². The summed E-state index contributed by atoms with van der Waals surface area (Å²) in [5.41, 5.74) is 0. The summed E-state index contributed by atoms with van der Waals surface area (Å²) in [5.74, 6) is -0.0339. The molecular weight excluding hydrogens is 272 g/mol. The molecule has 0 fully saturated rings. The second kappa shape index (κ2) is 16.3. The van der Waals surface area contributed by atoms with Gasteiger partial charge in [-0.1, -0.05) is 57.6 Å². The van der Waals surface area contributed by atoms with Crippen molar-refractivity contribution in [2.75, 3.05) is 0 Å². The Balaban J connectivity index is 3.69. The van der Waals surface area contributed by atoms with Crippen LogP contribution >= 0.6 is 0 Å². The van der Waals surface area contributed by atoms with Crippen LogP contribution in [0.1, 0.15) is 90.4 Å². The van der Waals surface area contributed by atoms with E-state index in [1.165, 1.54) is 38.5 Å². The Morgan fingerprint density at radius 2 is 1.64 bits per heavy atom. The fraction of sp³-hybridized carbons (Fsp3) is 0.750. The molecule has 2 nitrogen and oxygen atoms in total. The molecule has 0 bridgehead atoms. The highest BCUT2D eigenvalue weighted by Gasteiger charge is 2.12. The summed E-state index contributed by atoms with van der Waals surface area (Å²) in [5, 5.41) is 0. The summed E-state index contributed by atoms with van der Waals surface area (Å²) in [6.45, 7) is 9.70. The van der Waals surface area contributed by atoms with E-state index in [4.69, 9.17) is 4.74 Å². The largest absolute Gasteiger partial charge is 0.462 e. The number of hydrogen-bond acceptors (Lipinski definition) is 2. The Bertz CT molecular complexity index is 283. The molecule has 1 atom stereocenters. The Labute approximate surface area is 138 Å². The number of carbonyl (C=O) groups excluding carboxylic acids is 1. The molecule has 128 valence electrons. The van der Waals surface area contributed by atoms with E-state index in [1.807, 2.05) is 12.2 Å². The van der Waals surface area contributed by atoms with Gasteiger partial charge in [0.1, 0.15) is 6.10 Å². The highest BCUT2D eigenvalue weighted by molar-refractivity contribution is 5.69.